The van der Waals surface area contributed by atoms with Crippen molar-refractivity contribution >= 4 is 31.5 Å². The average molecular weight is 354 g/mol. The van der Waals surface area contributed by atoms with Crippen LogP contribution in [0.3, 0.4) is 0 Å². The largest absolute Gasteiger partial charge is 0.378 e. The fourth-order valence-corrected chi connectivity index (χ4v) is 3.01. The van der Waals surface area contributed by atoms with E-state index in [9.17, 15) is 8.42 Å². The van der Waals surface area contributed by atoms with Gasteiger partial charge in [-0.1, -0.05) is 34.1 Å². The van der Waals surface area contributed by atoms with Gasteiger partial charge in [0.05, 0.1) is 4.90 Å². The van der Waals surface area contributed by atoms with Crippen molar-refractivity contribution < 1.29 is 8.42 Å². The molecule has 20 heavy (non-hydrogen) atoms. The highest BCUT2D eigenvalue weighted by Gasteiger charge is 2.09. The fourth-order valence-electron chi connectivity index (χ4n) is 1.93. The monoisotopic (exact) mass is 353 g/mol. The summed E-state index contributed by atoms with van der Waals surface area (Å²) < 4.78 is 24.1. The number of sulfone groups is 1. The van der Waals surface area contributed by atoms with E-state index >= 15 is 0 Å². The number of anilines is 1. The van der Waals surface area contributed by atoms with Gasteiger partial charge in [-0.25, -0.2) is 8.42 Å². The molecule has 1 unspecified atom stereocenters. The first kappa shape index (κ1) is 15.1. The summed E-state index contributed by atoms with van der Waals surface area (Å²) >= 11 is 3.45. The van der Waals surface area contributed by atoms with Gasteiger partial charge in [0.25, 0.3) is 0 Å². The van der Waals surface area contributed by atoms with Gasteiger partial charge in [0.2, 0.25) is 0 Å². The molecule has 1 atom stereocenters. The van der Waals surface area contributed by atoms with Crippen LogP contribution in [-0.4, -0.2) is 14.7 Å². The maximum absolute atomic E-state index is 11.6. The van der Waals surface area contributed by atoms with Crippen molar-refractivity contribution in [3.63, 3.8) is 0 Å². The van der Waals surface area contributed by atoms with E-state index in [0.717, 1.165) is 15.7 Å². The minimum Gasteiger partial charge on any atom is -0.378 e. The van der Waals surface area contributed by atoms with E-state index in [-0.39, 0.29) is 6.04 Å². The maximum atomic E-state index is 11.6. The predicted octanol–water partition coefficient (Wildman–Crippen LogP) is 4.03. The van der Waals surface area contributed by atoms with E-state index in [1.807, 2.05) is 37.3 Å². The quantitative estimate of drug-likeness (QED) is 0.902. The molecule has 0 bridgehead atoms. The first-order chi connectivity index (χ1) is 9.36. The second-order valence-corrected chi connectivity index (χ2v) is 7.65. The Morgan fingerprint density at radius 3 is 2.45 bits per heavy atom. The van der Waals surface area contributed by atoms with Crippen LogP contribution in [0.2, 0.25) is 0 Å². The predicted molar refractivity (Wildman–Crippen MR) is 85.7 cm³/mol. The van der Waals surface area contributed by atoms with Gasteiger partial charge < -0.3 is 5.32 Å². The molecule has 0 amide bonds. The Hall–Kier alpha value is -1.33. The van der Waals surface area contributed by atoms with Crippen molar-refractivity contribution in [3.05, 3.63) is 58.6 Å². The molecule has 1 N–H and O–H groups in total. The summed E-state index contributed by atoms with van der Waals surface area (Å²) in [7, 11) is -3.18. The van der Waals surface area contributed by atoms with Crippen LogP contribution in [-0.2, 0) is 9.84 Å². The molecule has 0 saturated heterocycles. The number of nitrogens with one attached hydrogen (secondary N) is 1. The Balaban J connectivity index is 2.22. The molecule has 106 valence electrons. The Labute approximate surface area is 128 Å². The third-order valence-corrected chi connectivity index (χ3v) is 4.60. The fraction of sp³-hybridized carbons (Fsp3) is 0.200. The average Bonchev–Trinajstić information content (AvgIpc) is 2.38. The molecule has 0 saturated carbocycles. The van der Waals surface area contributed by atoms with Crippen molar-refractivity contribution in [2.75, 3.05) is 11.6 Å². The Kier molecular flexibility index (Phi) is 4.50. The van der Waals surface area contributed by atoms with Gasteiger partial charge in [-0.3, -0.25) is 0 Å². The van der Waals surface area contributed by atoms with Crippen LogP contribution in [0.25, 0.3) is 0 Å². The first-order valence-corrected chi connectivity index (χ1v) is 8.87. The summed E-state index contributed by atoms with van der Waals surface area (Å²) in [6.07, 6.45) is 1.21. The molecule has 0 aliphatic rings. The van der Waals surface area contributed by atoms with Crippen molar-refractivity contribution in [2.45, 2.75) is 17.9 Å². The topological polar surface area (TPSA) is 46.2 Å². The zero-order valence-corrected chi connectivity index (χ0v) is 13.7. The highest BCUT2D eigenvalue weighted by Crippen LogP contribution is 2.23. The normalized spacial score (nSPS) is 12.9. The van der Waals surface area contributed by atoms with Crippen LogP contribution in [0, 0.1) is 0 Å². The van der Waals surface area contributed by atoms with Crippen molar-refractivity contribution in [1.29, 1.82) is 0 Å². The summed E-state index contributed by atoms with van der Waals surface area (Å²) in [6.45, 7) is 2.04. The molecular weight excluding hydrogens is 338 g/mol. The van der Waals surface area contributed by atoms with Gasteiger partial charge in [-0.05, 0) is 42.8 Å². The summed E-state index contributed by atoms with van der Waals surface area (Å²) in [5, 5.41) is 3.31. The Morgan fingerprint density at radius 2 is 1.80 bits per heavy atom. The van der Waals surface area contributed by atoms with Crippen molar-refractivity contribution in [3.8, 4) is 0 Å². The van der Waals surface area contributed by atoms with Gasteiger partial charge in [0, 0.05) is 22.5 Å². The standard InChI is InChI=1S/C15H16BrNO2S/c1-11(12-5-3-6-13(16)9-12)17-14-7-4-8-15(10-14)20(2,18)19/h3-11,17H,1-2H3. The molecule has 0 radical (unpaired) electrons. The second-order valence-electron chi connectivity index (χ2n) is 4.72. The van der Waals surface area contributed by atoms with E-state index in [1.54, 1.807) is 18.2 Å². The zero-order chi connectivity index (χ0) is 14.8. The molecule has 0 aliphatic heterocycles. The third-order valence-electron chi connectivity index (χ3n) is 2.99. The van der Waals surface area contributed by atoms with Gasteiger partial charge in [-0.15, -0.1) is 0 Å². The molecule has 0 fully saturated rings. The summed E-state index contributed by atoms with van der Waals surface area (Å²) in [6, 6.07) is 15.0. The van der Waals surface area contributed by atoms with Crippen LogP contribution >= 0.6 is 15.9 Å². The van der Waals surface area contributed by atoms with Crippen LogP contribution in [0.4, 0.5) is 5.69 Å². The van der Waals surface area contributed by atoms with Gasteiger partial charge in [-0.2, -0.15) is 0 Å². The minimum absolute atomic E-state index is 0.0855. The first-order valence-electron chi connectivity index (χ1n) is 6.18. The highest BCUT2D eigenvalue weighted by atomic mass is 79.9. The second kappa shape index (κ2) is 5.97. The van der Waals surface area contributed by atoms with Gasteiger partial charge in [0.15, 0.2) is 9.84 Å². The summed E-state index contributed by atoms with van der Waals surface area (Å²) in [5.74, 6) is 0. The van der Waals surface area contributed by atoms with Gasteiger partial charge in [0.1, 0.15) is 0 Å². The van der Waals surface area contributed by atoms with E-state index in [1.165, 1.54) is 6.26 Å². The number of rotatable bonds is 4. The molecule has 0 aliphatic carbocycles. The third kappa shape index (κ3) is 3.84. The smallest absolute Gasteiger partial charge is 0.175 e. The molecule has 0 heterocycles. The number of halogens is 1. The van der Waals surface area contributed by atoms with Crippen molar-refractivity contribution in [1.82, 2.24) is 0 Å². The highest BCUT2D eigenvalue weighted by molar-refractivity contribution is 9.10. The molecular formula is C15H16BrNO2S. The number of hydrogen-bond acceptors (Lipinski definition) is 3. The van der Waals surface area contributed by atoms with E-state index in [2.05, 4.69) is 21.2 Å². The lowest BCUT2D eigenvalue weighted by Crippen LogP contribution is -2.07. The lowest BCUT2D eigenvalue weighted by atomic mass is 10.1. The molecule has 2 aromatic carbocycles. The van der Waals surface area contributed by atoms with E-state index < -0.39 is 9.84 Å². The van der Waals surface area contributed by atoms with Crippen LogP contribution in [0.1, 0.15) is 18.5 Å². The lowest BCUT2D eigenvalue weighted by Gasteiger charge is -2.16. The molecule has 5 heteroatoms. The minimum atomic E-state index is -3.18. The van der Waals surface area contributed by atoms with Crippen LogP contribution in [0.5, 0.6) is 0 Å². The summed E-state index contributed by atoms with van der Waals surface area (Å²) in [4.78, 5) is 0.323. The van der Waals surface area contributed by atoms with E-state index in [4.69, 9.17) is 0 Å². The molecule has 2 aromatic rings. The maximum Gasteiger partial charge on any atom is 0.175 e. The molecule has 3 nitrogen and oxygen atoms in total. The molecule has 0 spiro atoms. The molecule has 2 rings (SSSR count). The number of benzene rings is 2. The van der Waals surface area contributed by atoms with E-state index in [0.29, 0.717) is 4.90 Å². The van der Waals surface area contributed by atoms with Crippen molar-refractivity contribution in [2.24, 2.45) is 0 Å². The Morgan fingerprint density at radius 1 is 1.10 bits per heavy atom. The van der Waals surface area contributed by atoms with Crippen LogP contribution in [0.15, 0.2) is 57.9 Å². The number of hydrogen-bond donors (Lipinski definition) is 1. The SMILES string of the molecule is CC(Nc1cccc(S(C)(=O)=O)c1)c1cccc(Br)c1. The van der Waals surface area contributed by atoms with Crippen LogP contribution < -0.4 is 5.32 Å². The lowest BCUT2D eigenvalue weighted by molar-refractivity contribution is 0.602. The zero-order valence-electron chi connectivity index (χ0n) is 11.3. The van der Waals surface area contributed by atoms with Gasteiger partial charge >= 0.3 is 0 Å². The molecule has 0 aromatic heterocycles. The summed E-state index contributed by atoms with van der Waals surface area (Å²) in [5.41, 5.74) is 1.92. The Bertz CT molecular complexity index is 713.